The number of nitrogens with two attached hydrogens (primary N) is 1. The Balaban J connectivity index is 1.73. The summed E-state index contributed by atoms with van der Waals surface area (Å²) < 4.78 is 0. The SMILES string of the molecule is CCCC1CCc2c(sc(NC(=O)C=Cc3ccc(C(C)(C)C)cc3)c2C(N)=O)C1. The average molecular weight is 425 g/mol. The monoisotopic (exact) mass is 424 g/mol. The predicted octanol–water partition coefficient (Wildman–Crippen LogP) is 5.70. The second kappa shape index (κ2) is 9.17. The van der Waals surface area contributed by atoms with Crippen LogP contribution in [-0.4, -0.2) is 11.8 Å². The number of amides is 2. The van der Waals surface area contributed by atoms with Gasteiger partial charge in [0.15, 0.2) is 0 Å². The Morgan fingerprint density at radius 2 is 1.93 bits per heavy atom. The van der Waals surface area contributed by atoms with Crippen LogP contribution in [-0.2, 0) is 23.1 Å². The molecule has 1 aliphatic rings. The molecule has 5 heteroatoms. The molecule has 0 saturated carbocycles. The summed E-state index contributed by atoms with van der Waals surface area (Å²) in [4.78, 5) is 25.8. The standard InChI is InChI=1S/C25H32N2O2S/c1-5-6-17-9-13-19-20(15-17)30-24(22(19)23(26)29)27-21(28)14-10-16-7-11-18(12-8-16)25(2,3)4/h7-8,10-12,14,17H,5-6,9,13,15H2,1-4H3,(H2,26,29)(H,27,28). The third kappa shape index (κ3) is 5.20. The topological polar surface area (TPSA) is 72.2 Å². The van der Waals surface area contributed by atoms with E-state index in [0.717, 1.165) is 30.4 Å². The number of carbonyl (C=O) groups excluding carboxylic acids is 2. The Morgan fingerprint density at radius 1 is 1.23 bits per heavy atom. The zero-order valence-corrected chi connectivity index (χ0v) is 19.2. The van der Waals surface area contributed by atoms with Gasteiger partial charge in [-0.15, -0.1) is 11.3 Å². The number of carbonyl (C=O) groups is 2. The van der Waals surface area contributed by atoms with Gasteiger partial charge in [0.25, 0.3) is 5.91 Å². The minimum Gasteiger partial charge on any atom is -0.365 e. The third-order valence-electron chi connectivity index (χ3n) is 5.75. The molecule has 0 spiro atoms. The number of anilines is 1. The van der Waals surface area contributed by atoms with Crippen molar-refractivity contribution in [3.8, 4) is 0 Å². The third-order valence-corrected chi connectivity index (χ3v) is 6.92. The van der Waals surface area contributed by atoms with Crippen LogP contribution in [0.25, 0.3) is 6.08 Å². The fourth-order valence-corrected chi connectivity index (χ4v) is 5.45. The molecule has 3 N–H and O–H groups in total. The van der Waals surface area contributed by atoms with Crippen molar-refractivity contribution in [2.24, 2.45) is 11.7 Å². The van der Waals surface area contributed by atoms with Crippen LogP contribution in [0, 0.1) is 5.92 Å². The Kier molecular flexibility index (Phi) is 6.81. The number of benzene rings is 1. The Morgan fingerprint density at radius 3 is 2.53 bits per heavy atom. The van der Waals surface area contributed by atoms with Crippen molar-refractivity contribution in [3.63, 3.8) is 0 Å². The second-order valence-corrected chi connectivity index (χ2v) is 10.3. The highest BCUT2D eigenvalue weighted by Gasteiger charge is 2.28. The van der Waals surface area contributed by atoms with Crippen LogP contribution >= 0.6 is 11.3 Å². The molecule has 160 valence electrons. The first-order chi connectivity index (χ1) is 14.2. The van der Waals surface area contributed by atoms with E-state index in [4.69, 9.17) is 5.73 Å². The molecule has 0 radical (unpaired) electrons. The fourth-order valence-electron chi connectivity index (χ4n) is 4.08. The molecule has 3 rings (SSSR count). The van der Waals surface area contributed by atoms with E-state index >= 15 is 0 Å². The molecule has 0 fully saturated rings. The summed E-state index contributed by atoms with van der Waals surface area (Å²) in [6.07, 6.45) is 8.57. The minimum absolute atomic E-state index is 0.0964. The quantitative estimate of drug-likeness (QED) is 0.584. The highest BCUT2D eigenvalue weighted by Crippen LogP contribution is 2.40. The van der Waals surface area contributed by atoms with Crippen molar-refractivity contribution >= 4 is 34.2 Å². The molecule has 2 aromatic rings. The highest BCUT2D eigenvalue weighted by molar-refractivity contribution is 7.17. The lowest BCUT2D eigenvalue weighted by Gasteiger charge is -2.21. The summed E-state index contributed by atoms with van der Waals surface area (Å²) in [5.74, 6) is -0.0546. The first kappa shape index (κ1) is 22.3. The van der Waals surface area contributed by atoms with Gasteiger partial charge < -0.3 is 11.1 Å². The van der Waals surface area contributed by atoms with E-state index in [0.29, 0.717) is 16.5 Å². The molecule has 4 nitrogen and oxygen atoms in total. The Hall–Kier alpha value is -2.40. The maximum Gasteiger partial charge on any atom is 0.251 e. The smallest absolute Gasteiger partial charge is 0.251 e. The lowest BCUT2D eigenvalue weighted by atomic mass is 9.84. The lowest BCUT2D eigenvalue weighted by Crippen LogP contribution is -2.19. The van der Waals surface area contributed by atoms with Crippen molar-refractivity contribution in [1.82, 2.24) is 0 Å². The van der Waals surface area contributed by atoms with E-state index in [2.05, 4.69) is 45.1 Å². The fraction of sp³-hybridized carbons (Fsp3) is 0.440. The van der Waals surface area contributed by atoms with Crippen LogP contribution in [0.15, 0.2) is 30.3 Å². The number of thiophene rings is 1. The van der Waals surface area contributed by atoms with Crippen molar-refractivity contribution in [2.75, 3.05) is 5.32 Å². The van der Waals surface area contributed by atoms with Gasteiger partial charge in [-0.2, -0.15) is 0 Å². The number of nitrogens with one attached hydrogen (secondary N) is 1. The molecule has 1 aromatic heterocycles. The van der Waals surface area contributed by atoms with E-state index in [-0.39, 0.29) is 11.3 Å². The number of hydrogen-bond donors (Lipinski definition) is 2. The normalized spacial score (nSPS) is 16.5. The molecule has 1 heterocycles. The average Bonchev–Trinajstić information content (AvgIpc) is 3.03. The largest absolute Gasteiger partial charge is 0.365 e. The molecular weight excluding hydrogens is 392 g/mol. The van der Waals surface area contributed by atoms with Crippen LogP contribution in [0.3, 0.4) is 0 Å². The molecular formula is C25H32N2O2S. The van der Waals surface area contributed by atoms with Crippen molar-refractivity contribution in [2.45, 2.75) is 65.2 Å². The van der Waals surface area contributed by atoms with E-state index in [1.54, 1.807) is 6.08 Å². The molecule has 2 amide bonds. The summed E-state index contributed by atoms with van der Waals surface area (Å²) in [6.45, 7) is 8.72. The minimum atomic E-state index is -0.460. The van der Waals surface area contributed by atoms with E-state index in [9.17, 15) is 9.59 Å². The molecule has 1 atom stereocenters. The van der Waals surface area contributed by atoms with Crippen LogP contribution in [0.1, 0.15) is 78.9 Å². The van der Waals surface area contributed by atoms with Crippen molar-refractivity contribution in [1.29, 1.82) is 0 Å². The van der Waals surface area contributed by atoms with Gasteiger partial charge in [-0.3, -0.25) is 9.59 Å². The van der Waals surface area contributed by atoms with Gasteiger partial charge in [-0.25, -0.2) is 0 Å². The molecule has 30 heavy (non-hydrogen) atoms. The van der Waals surface area contributed by atoms with Gasteiger partial charge in [0.2, 0.25) is 5.91 Å². The number of primary amides is 1. The number of fused-ring (bicyclic) bond motifs is 1. The molecule has 0 saturated heterocycles. The highest BCUT2D eigenvalue weighted by atomic mass is 32.1. The summed E-state index contributed by atoms with van der Waals surface area (Å²) in [5, 5.41) is 3.48. The Bertz CT molecular complexity index is 949. The van der Waals surface area contributed by atoms with Crippen LogP contribution in [0.4, 0.5) is 5.00 Å². The molecule has 0 bridgehead atoms. The summed E-state index contributed by atoms with van der Waals surface area (Å²) in [5.41, 5.74) is 9.51. The molecule has 1 unspecified atom stereocenters. The van der Waals surface area contributed by atoms with E-state index in [1.807, 2.05) is 12.1 Å². The van der Waals surface area contributed by atoms with Crippen LogP contribution in [0.5, 0.6) is 0 Å². The van der Waals surface area contributed by atoms with Gasteiger partial charge in [-0.05, 0) is 53.4 Å². The van der Waals surface area contributed by atoms with Crippen LogP contribution < -0.4 is 11.1 Å². The summed E-state index contributed by atoms with van der Waals surface area (Å²) in [6, 6.07) is 8.19. The zero-order chi connectivity index (χ0) is 21.9. The van der Waals surface area contributed by atoms with Gasteiger partial charge in [0.1, 0.15) is 5.00 Å². The lowest BCUT2D eigenvalue weighted by molar-refractivity contribution is -0.111. The summed E-state index contributed by atoms with van der Waals surface area (Å²) >= 11 is 1.51. The van der Waals surface area contributed by atoms with E-state index < -0.39 is 5.91 Å². The number of rotatable bonds is 6. The Labute approximate surface area is 183 Å². The maximum atomic E-state index is 12.5. The van der Waals surface area contributed by atoms with Gasteiger partial charge >= 0.3 is 0 Å². The predicted molar refractivity (Wildman–Crippen MR) is 126 cm³/mol. The first-order valence-corrected chi connectivity index (χ1v) is 11.5. The first-order valence-electron chi connectivity index (χ1n) is 10.7. The van der Waals surface area contributed by atoms with Crippen molar-refractivity contribution < 1.29 is 9.59 Å². The van der Waals surface area contributed by atoms with Gasteiger partial charge in [0.05, 0.1) is 5.56 Å². The van der Waals surface area contributed by atoms with Crippen molar-refractivity contribution in [3.05, 3.63) is 57.5 Å². The number of hydrogen-bond acceptors (Lipinski definition) is 3. The van der Waals surface area contributed by atoms with Gasteiger partial charge in [0, 0.05) is 11.0 Å². The second-order valence-electron chi connectivity index (χ2n) is 9.16. The molecule has 1 aromatic carbocycles. The maximum absolute atomic E-state index is 12.5. The summed E-state index contributed by atoms with van der Waals surface area (Å²) in [7, 11) is 0. The van der Waals surface area contributed by atoms with E-state index in [1.165, 1.54) is 40.7 Å². The zero-order valence-electron chi connectivity index (χ0n) is 18.4. The molecule has 1 aliphatic carbocycles. The van der Waals surface area contributed by atoms with Gasteiger partial charge in [-0.1, -0.05) is 64.8 Å². The molecule has 0 aliphatic heterocycles. The van der Waals surface area contributed by atoms with Crippen LogP contribution in [0.2, 0.25) is 0 Å².